The lowest BCUT2D eigenvalue weighted by Gasteiger charge is -2.22. The Kier molecular flexibility index (Phi) is 4.09. The molecule has 1 aliphatic carbocycles. The fourth-order valence-electron chi connectivity index (χ4n) is 2.19. The zero-order valence-corrected chi connectivity index (χ0v) is 14.4. The fraction of sp³-hybridized carbons (Fsp3) is 0.286. The Morgan fingerprint density at radius 3 is 2.57 bits per heavy atom. The molecule has 2 N–H and O–H groups in total. The summed E-state index contributed by atoms with van der Waals surface area (Å²) in [5.41, 5.74) is 7.43. The second-order valence-corrected chi connectivity index (χ2v) is 8.89. The van der Waals surface area contributed by atoms with Crippen LogP contribution in [0.3, 0.4) is 0 Å². The highest BCUT2D eigenvalue weighted by atomic mass is 79.9. The quantitative estimate of drug-likeness (QED) is 0.800. The number of nitrogens with two attached hydrogens (primary N) is 1. The molecule has 4 nitrogen and oxygen atoms in total. The molecule has 112 valence electrons. The average Bonchev–Trinajstić information content (AvgIpc) is 3.18. The van der Waals surface area contributed by atoms with Gasteiger partial charge in [0, 0.05) is 22.7 Å². The molecule has 0 bridgehead atoms. The summed E-state index contributed by atoms with van der Waals surface area (Å²) in [7, 11) is -3.49. The Balaban J connectivity index is 1.96. The minimum absolute atomic E-state index is 0.0867. The van der Waals surface area contributed by atoms with Crippen LogP contribution in [-0.4, -0.2) is 18.8 Å². The summed E-state index contributed by atoms with van der Waals surface area (Å²) in [4.78, 5) is 0. The fourth-order valence-corrected chi connectivity index (χ4v) is 6.28. The second-order valence-electron chi connectivity index (χ2n) is 5.04. The van der Waals surface area contributed by atoms with E-state index in [1.54, 1.807) is 21.8 Å². The van der Waals surface area contributed by atoms with E-state index in [1.165, 1.54) is 11.3 Å². The Bertz CT molecular complexity index is 754. The standard InChI is InChI=1S/C14H15BrN2O2S2/c15-12-7-8-20-14(12)21(18,19)17(11-5-6-11)9-10-3-1-2-4-13(10)16/h1-4,7-8,11H,5-6,9,16H2. The highest BCUT2D eigenvalue weighted by Gasteiger charge is 2.39. The van der Waals surface area contributed by atoms with Crippen molar-refractivity contribution >= 4 is 43.0 Å². The average molecular weight is 387 g/mol. The summed E-state index contributed by atoms with van der Waals surface area (Å²) in [5, 5.41) is 1.78. The maximum atomic E-state index is 12.9. The minimum atomic E-state index is -3.49. The van der Waals surface area contributed by atoms with Crippen molar-refractivity contribution in [2.45, 2.75) is 29.6 Å². The van der Waals surface area contributed by atoms with E-state index in [-0.39, 0.29) is 6.04 Å². The van der Waals surface area contributed by atoms with Gasteiger partial charge >= 0.3 is 0 Å². The van der Waals surface area contributed by atoms with E-state index >= 15 is 0 Å². The van der Waals surface area contributed by atoms with Crippen molar-refractivity contribution in [3.05, 3.63) is 45.7 Å². The van der Waals surface area contributed by atoms with E-state index in [1.807, 2.05) is 18.2 Å². The third-order valence-electron chi connectivity index (χ3n) is 3.46. The molecule has 3 rings (SSSR count). The van der Waals surface area contributed by atoms with Crippen LogP contribution in [-0.2, 0) is 16.6 Å². The Morgan fingerprint density at radius 2 is 2.00 bits per heavy atom. The first kappa shape index (κ1) is 15.0. The number of anilines is 1. The van der Waals surface area contributed by atoms with Crippen molar-refractivity contribution in [1.29, 1.82) is 0 Å². The molecule has 1 heterocycles. The third-order valence-corrected chi connectivity index (χ3v) is 8.01. The number of rotatable bonds is 5. The van der Waals surface area contributed by atoms with Gasteiger partial charge in [0.15, 0.2) is 0 Å². The van der Waals surface area contributed by atoms with Crippen LogP contribution in [0, 0.1) is 0 Å². The summed E-state index contributed by atoms with van der Waals surface area (Å²) in [6.07, 6.45) is 1.82. The number of benzene rings is 1. The molecule has 1 saturated carbocycles. The first-order valence-electron chi connectivity index (χ1n) is 6.58. The number of hydrogen-bond acceptors (Lipinski definition) is 4. The molecule has 1 aromatic heterocycles. The zero-order valence-electron chi connectivity index (χ0n) is 11.2. The smallest absolute Gasteiger partial charge is 0.254 e. The van der Waals surface area contributed by atoms with E-state index in [2.05, 4.69) is 15.9 Å². The lowest BCUT2D eigenvalue weighted by molar-refractivity contribution is 0.400. The Labute approximate surface area is 136 Å². The molecule has 7 heteroatoms. The van der Waals surface area contributed by atoms with Crippen molar-refractivity contribution in [3.63, 3.8) is 0 Å². The van der Waals surface area contributed by atoms with Gasteiger partial charge in [-0.05, 0) is 51.8 Å². The number of hydrogen-bond donors (Lipinski definition) is 1. The predicted molar refractivity (Wildman–Crippen MR) is 88.6 cm³/mol. The summed E-state index contributed by atoms with van der Waals surface area (Å²) >= 11 is 4.56. The van der Waals surface area contributed by atoms with Crippen LogP contribution >= 0.6 is 27.3 Å². The van der Waals surface area contributed by atoms with Crippen LogP contribution in [0.15, 0.2) is 44.4 Å². The summed E-state index contributed by atoms with van der Waals surface area (Å²) in [6.45, 7) is 0.323. The molecule has 21 heavy (non-hydrogen) atoms. The number of halogens is 1. The highest BCUT2D eigenvalue weighted by Crippen LogP contribution is 2.38. The topological polar surface area (TPSA) is 63.4 Å². The van der Waals surface area contributed by atoms with Gasteiger partial charge in [0.05, 0.1) is 0 Å². The van der Waals surface area contributed by atoms with Crippen molar-refractivity contribution in [1.82, 2.24) is 4.31 Å². The monoisotopic (exact) mass is 386 g/mol. The third kappa shape index (κ3) is 3.01. The van der Waals surface area contributed by atoms with Crippen LogP contribution in [0.2, 0.25) is 0 Å². The number of nitrogen functional groups attached to an aromatic ring is 1. The van der Waals surface area contributed by atoms with Gasteiger partial charge in [0.25, 0.3) is 10.0 Å². The molecule has 1 aromatic carbocycles. The van der Waals surface area contributed by atoms with Crippen molar-refractivity contribution in [3.8, 4) is 0 Å². The molecule has 0 aliphatic heterocycles. The molecule has 1 aliphatic rings. The molecule has 2 aromatic rings. The SMILES string of the molecule is Nc1ccccc1CN(C1CC1)S(=O)(=O)c1sccc1Br. The van der Waals surface area contributed by atoms with Crippen molar-refractivity contribution in [2.24, 2.45) is 0 Å². The molecule has 0 radical (unpaired) electrons. The predicted octanol–water partition coefficient (Wildman–Crippen LogP) is 3.45. The number of para-hydroxylation sites is 1. The van der Waals surface area contributed by atoms with Gasteiger partial charge in [-0.3, -0.25) is 0 Å². The Hall–Kier alpha value is -0.890. The van der Waals surface area contributed by atoms with Gasteiger partial charge in [-0.1, -0.05) is 18.2 Å². The maximum Gasteiger partial charge on any atom is 0.254 e. The largest absolute Gasteiger partial charge is 0.398 e. The van der Waals surface area contributed by atoms with Gasteiger partial charge < -0.3 is 5.73 Å². The van der Waals surface area contributed by atoms with E-state index in [0.717, 1.165) is 18.4 Å². The van der Waals surface area contributed by atoms with Crippen LogP contribution < -0.4 is 5.73 Å². The molecule has 1 fully saturated rings. The lowest BCUT2D eigenvalue weighted by Crippen LogP contribution is -2.32. The summed E-state index contributed by atoms with van der Waals surface area (Å²) < 4.78 is 28.3. The first-order chi connectivity index (χ1) is 10.00. The maximum absolute atomic E-state index is 12.9. The molecule has 0 spiro atoms. The number of thiophene rings is 1. The van der Waals surface area contributed by atoms with Crippen molar-refractivity contribution < 1.29 is 8.42 Å². The van der Waals surface area contributed by atoms with Crippen LogP contribution in [0.25, 0.3) is 0 Å². The van der Waals surface area contributed by atoms with Gasteiger partial charge in [-0.2, -0.15) is 4.31 Å². The molecular weight excluding hydrogens is 372 g/mol. The zero-order chi connectivity index (χ0) is 15.0. The highest BCUT2D eigenvalue weighted by molar-refractivity contribution is 9.10. The van der Waals surface area contributed by atoms with Gasteiger partial charge in [-0.15, -0.1) is 11.3 Å². The number of nitrogens with zero attached hydrogens (tertiary/aromatic N) is 1. The molecular formula is C14H15BrN2O2S2. The second kappa shape index (κ2) is 5.72. The van der Waals surface area contributed by atoms with E-state index in [9.17, 15) is 8.42 Å². The van der Waals surface area contributed by atoms with Crippen LogP contribution in [0.1, 0.15) is 18.4 Å². The van der Waals surface area contributed by atoms with E-state index in [0.29, 0.717) is 20.9 Å². The van der Waals surface area contributed by atoms with E-state index in [4.69, 9.17) is 5.73 Å². The van der Waals surface area contributed by atoms with Gasteiger partial charge in [0.1, 0.15) is 4.21 Å². The van der Waals surface area contributed by atoms with Crippen molar-refractivity contribution in [2.75, 3.05) is 5.73 Å². The molecule has 0 saturated heterocycles. The number of sulfonamides is 1. The molecule has 0 amide bonds. The van der Waals surface area contributed by atoms with Gasteiger partial charge in [0.2, 0.25) is 0 Å². The minimum Gasteiger partial charge on any atom is -0.398 e. The lowest BCUT2D eigenvalue weighted by atomic mass is 10.2. The van der Waals surface area contributed by atoms with Crippen LogP contribution in [0.4, 0.5) is 5.69 Å². The van der Waals surface area contributed by atoms with E-state index < -0.39 is 10.0 Å². The summed E-state index contributed by atoms with van der Waals surface area (Å²) in [5.74, 6) is 0. The van der Waals surface area contributed by atoms with Gasteiger partial charge in [-0.25, -0.2) is 8.42 Å². The summed E-state index contributed by atoms with van der Waals surface area (Å²) in [6, 6.07) is 9.26. The first-order valence-corrected chi connectivity index (χ1v) is 9.69. The molecule has 0 unspecified atom stereocenters. The Morgan fingerprint density at radius 1 is 1.29 bits per heavy atom. The normalized spacial score (nSPS) is 15.5. The molecule has 0 atom stereocenters. The van der Waals surface area contributed by atoms with Crippen LogP contribution in [0.5, 0.6) is 0 Å².